The van der Waals surface area contributed by atoms with Gasteiger partial charge in [-0.05, 0) is 30.5 Å². The van der Waals surface area contributed by atoms with Crippen LogP contribution in [0.2, 0.25) is 0 Å². The molecule has 2 saturated heterocycles. The number of fused-ring (bicyclic) bond motifs is 1. The number of imidazole rings is 1. The molecule has 1 amide bonds. The lowest BCUT2D eigenvalue weighted by Crippen LogP contribution is -2.52. The number of carbonyl (C=O) groups is 1. The molecule has 0 saturated carbocycles. The molecule has 1 aromatic carbocycles. The fourth-order valence-corrected chi connectivity index (χ4v) is 3.71. The molecule has 5 nitrogen and oxygen atoms in total. The van der Waals surface area contributed by atoms with E-state index in [4.69, 9.17) is 0 Å². The monoisotopic (exact) mass is 360 g/mol. The van der Waals surface area contributed by atoms with Gasteiger partial charge in [-0.25, -0.2) is 4.98 Å². The summed E-state index contributed by atoms with van der Waals surface area (Å²) in [6.07, 6.45) is 3.88. The number of nitrogens with one attached hydrogen (secondary N) is 2. The van der Waals surface area contributed by atoms with Gasteiger partial charge in [0.05, 0.1) is 24.5 Å². The van der Waals surface area contributed by atoms with Crippen LogP contribution in [0.1, 0.15) is 24.7 Å². The molecule has 6 heteroatoms. The molecule has 2 aliphatic rings. The average Bonchev–Trinajstić information content (AvgIpc) is 3.15. The first-order chi connectivity index (χ1) is 10.7. The van der Waals surface area contributed by atoms with Crippen LogP contribution < -0.4 is 5.32 Å². The fraction of sp³-hybridized carbons (Fsp3) is 0.375. The van der Waals surface area contributed by atoms with E-state index < -0.39 is 0 Å². The molecule has 1 aromatic heterocycles. The Morgan fingerprint density at radius 1 is 1.23 bits per heavy atom. The van der Waals surface area contributed by atoms with Crippen LogP contribution in [0, 0.1) is 0 Å². The summed E-state index contributed by atoms with van der Waals surface area (Å²) in [7, 11) is 0. The maximum Gasteiger partial charge on any atom is 0.237 e. The number of aromatic amines is 1. The maximum atomic E-state index is 12.2. The van der Waals surface area contributed by atoms with E-state index in [9.17, 15) is 4.79 Å². The van der Waals surface area contributed by atoms with Crippen molar-refractivity contribution in [3.63, 3.8) is 0 Å². The van der Waals surface area contributed by atoms with Gasteiger partial charge in [0.25, 0.3) is 0 Å². The van der Waals surface area contributed by atoms with Gasteiger partial charge in [-0.15, -0.1) is 0 Å². The number of carbonyl (C=O) groups excluding carboxylic acids is 1. The highest BCUT2D eigenvalue weighted by Gasteiger charge is 2.40. The Morgan fingerprint density at radius 2 is 2.05 bits per heavy atom. The van der Waals surface area contributed by atoms with Crippen LogP contribution in [-0.2, 0) is 4.79 Å². The molecule has 3 heterocycles. The Kier molecular flexibility index (Phi) is 3.50. The summed E-state index contributed by atoms with van der Waals surface area (Å²) in [5, 5.41) is 3.19. The van der Waals surface area contributed by atoms with Crippen molar-refractivity contribution in [1.29, 1.82) is 0 Å². The third-order valence-electron chi connectivity index (χ3n) is 4.51. The van der Waals surface area contributed by atoms with Crippen LogP contribution in [0.3, 0.4) is 0 Å². The van der Waals surface area contributed by atoms with Crippen LogP contribution in [0.25, 0.3) is 11.3 Å². The summed E-state index contributed by atoms with van der Waals surface area (Å²) in [4.78, 5) is 22.1. The second-order valence-corrected chi connectivity index (χ2v) is 6.78. The summed E-state index contributed by atoms with van der Waals surface area (Å²) >= 11 is 3.45. The number of aromatic nitrogens is 2. The Bertz CT molecular complexity index is 696. The predicted molar refractivity (Wildman–Crippen MR) is 87.2 cm³/mol. The van der Waals surface area contributed by atoms with E-state index in [1.54, 1.807) is 0 Å². The molecule has 2 atom stereocenters. The molecular formula is C16H17BrN4O. The van der Waals surface area contributed by atoms with Crippen molar-refractivity contribution >= 4 is 21.8 Å². The van der Waals surface area contributed by atoms with E-state index in [0.717, 1.165) is 40.9 Å². The van der Waals surface area contributed by atoms with Crippen molar-refractivity contribution in [1.82, 2.24) is 20.2 Å². The van der Waals surface area contributed by atoms with Crippen molar-refractivity contribution in [2.24, 2.45) is 0 Å². The number of benzene rings is 1. The number of nitrogens with zero attached hydrogens (tertiary/aromatic N) is 2. The van der Waals surface area contributed by atoms with E-state index in [0.29, 0.717) is 12.6 Å². The summed E-state index contributed by atoms with van der Waals surface area (Å²) in [6, 6.07) is 8.53. The molecule has 0 bridgehead atoms. The maximum absolute atomic E-state index is 12.2. The number of halogens is 1. The third-order valence-corrected chi connectivity index (χ3v) is 5.04. The Hall–Kier alpha value is -1.66. The number of hydrogen-bond donors (Lipinski definition) is 2. The highest BCUT2D eigenvalue weighted by molar-refractivity contribution is 9.10. The van der Waals surface area contributed by atoms with Crippen molar-refractivity contribution in [3.05, 3.63) is 40.8 Å². The Morgan fingerprint density at radius 3 is 2.86 bits per heavy atom. The van der Waals surface area contributed by atoms with Crippen LogP contribution in [0.15, 0.2) is 34.9 Å². The molecule has 0 radical (unpaired) electrons. The van der Waals surface area contributed by atoms with Crippen molar-refractivity contribution in [2.75, 3.05) is 13.1 Å². The van der Waals surface area contributed by atoms with Crippen LogP contribution >= 0.6 is 15.9 Å². The highest BCUT2D eigenvalue weighted by atomic mass is 79.9. The molecule has 22 heavy (non-hydrogen) atoms. The SMILES string of the molecule is O=C1CNCC2CCC(c3ncc(-c4ccc(Br)cc4)[nH]3)N12. The average molecular weight is 361 g/mol. The van der Waals surface area contributed by atoms with Crippen molar-refractivity contribution in [3.8, 4) is 11.3 Å². The van der Waals surface area contributed by atoms with Crippen molar-refractivity contribution < 1.29 is 4.79 Å². The fourth-order valence-electron chi connectivity index (χ4n) is 3.45. The second kappa shape index (κ2) is 5.52. The number of amides is 1. The van der Waals surface area contributed by atoms with Gasteiger partial charge in [0.2, 0.25) is 5.91 Å². The lowest BCUT2D eigenvalue weighted by molar-refractivity contribution is -0.135. The topological polar surface area (TPSA) is 61.0 Å². The molecule has 114 valence electrons. The summed E-state index contributed by atoms with van der Waals surface area (Å²) in [6.45, 7) is 1.33. The van der Waals surface area contributed by atoms with Gasteiger partial charge in [0.1, 0.15) is 5.82 Å². The first kappa shape index (κ1) is 14.0. The molecule has 0 aliphatic carbocycles. The van der Waals surface area contributed by atoms with Gasteiger partial charge in [0, 0.05) is 17.1 Å². The van der Waals surface area contributed by atoms with Gasteiger partial charge in [-0.3, -0.25) is 4.79 Å². The standard InChI is InChI=1S/C16H17BrN4O/c17-11-3-1-10(2-4-11)13-8-19-16(20-13)14-6-5-12-7-18-9-15(22)21(12)14/h1-4,8,12,14,18H,5-7,9H2,(H,19,20). The van der Waals surface area contributed by atoms with Crippen molar-refractivity contribution in [2.45, 2.75) is 24.9 Å². The molecule has 2 unspecified atom stereocenters. The summed E-state index contributed by atoms with van der Waals surface area (Å²) < 4.78 is 1.06. The van der Waals surface area contributed by atoms with E-state index in [1.807, 2.05) is 23.2 Å². The number of hydrogen-bond acceptors (Lipinski definition) is 3. The molecule has 2 N–H and O–H groups in total. The molecule has 2 aliphatic heterocycles. The number of H-pyrrole nitrogens is 1. The molecular weight excluding hydrogens is 344 g/mol. The first-order valence-corrected chi connectivity index (χ1v) is 8.34. The Labute approximate surface area is 137 Å². The third kappa shape index (κ3) is 2.36. The van der Waals surface area contributed by atoms with Crippen LogP contribution in [0.4, 0.5) is 0 Å². The lowest BCUT2D eigenvalue weighted by Gasteiger charge is -2.33. The quantitative estimate of drug-likeness (QED) is 0.864. The van der Waals surface area contributed by atoms with Gasteiger partial charge in [-0.1, -0.05) is 28.1 Å². The van der Waals surface area contributed by atoms with Crippen LogP contribution in [0.5, 0.6) is 0 Å². The zero-order valence-corrected chi connectivity index (χ0v) is 13.6. The smallest absolute Gasteiger partial charge is 0.237 e. The predicted octanol–water partition coefficient (Wildman–Crippen LogP) is 2.47. The number of rotatable bonds is 2. The zero-order valence-electron chi connectivity index (χ0n) is 12.1. The molecule has 2 aromatic rings. The minimum Gasteiger partial charge on any atom is -0.340 e. The Balaban J connectivity index is 1.61. The van der Waals surface area contributed by atoms with E-state index in [1.165, 1.54) is 0 Å². The van der Waals surface area contributed by atoms with Crippen LogP contribution in [-0.4, -0.2) is 39.9 Å². The van der Waals surface area contributed by atoms with E-state index >= 15 is 0 Å². The summed E-state index contributed by atoms with van der Waals surface area (Å²) in [5.41, 5.74) is 2.09. The normalized spacial score (nSPS) is 24.6. The second-order valence-electron chi connectivity index (χ2n) is 5.87. The largest absolute Gasteiger partial charge is 0.340 e. The molecule has 2 fully saturated rings. The lowest BCUT2D eigenvalue weighted by atomic mass is 10.2. The van der Waals surface area contributed by atoms with Gasteiger partial charge >= 0.3 is 0 Å². The minimum absolute atomic E-state index is 0.0869. The summed E-state index contributed by atoms with van der Waals surface area (Å²) in [5.74, 6) is 1.08. The van der Waals surface area contributed by atoms with Gasteiger partial charge < -0.3 is 15.2 Å². The number of piperazine rings is 1. The highest BCUT2D eigenvalue weighted by Crippen LogP contribution is 2.36. The van der Waals surface area contributed by atoms with Gasteiger partial charge in [0.15, 0.2) is 0 Å². The minimum atomic E-state index is 0.0869. The molecule has 4 rings (SSSR count). The van der Waals surface area contributed by atoms with E-state index in [-0.39, 0.29) is 11.9 Å². The van der Waals surface area contributed by atoms with Gasteiger partial charge in [-0.2, -0.15) is 0 Å². The zero-order chi connectivity index (χ0) is 15.1. The van der Waals surface area contributed by atoms with E-state index in [2.05, 4.69) is 43.3 Å². The first-order valence-electron chi connectivity index (χ1n) is 7.55. The molecule has 0 spiro atoms.